The monoisotopic (exact) mass is 403 g/mol. The number of benzene rings is 1. The minimum Gasteiger partial charge on any atom is -0.465 e. The molecular formula is C16H15ClFNO4S2. The molecule has 0 atom stereocenters. The van der Waals surface area contributed by atoms with Crippen molar-refractivity contribution in [1.82, 2.24) is 4.31 Å². The maximum Gasteiger partial charge on any atom is 0.349 e. The average molecular weight is 404 g/mol. The number of methoxy groups -OCH3 is 1. The second kappa shape index (κ2) is 7.03. The molecule has 0 bridgehead atoms. The van der Waals surface area contributed by atoms with Gasteiger partial charge < -0.3 is 4.74 Å². The van der Waals surface area contributed by atoms with Crippen LogP contribution in [0.15, 0.2) is 34.5 Å². The van der Waals surface area contributed by atoms with Crippen LogP contribution < -0.4 is 0 Å². The lowest BCUT2D eigenvalue weighted by Gasteiger charge is -2.22. The van der Waals surface area contributed by atoms with Crippen molar-refractivity contribution in [2.24, 2.45) is 0 Å². The molecule has 1 fully saturated rings. The van der Waals surface area contributed by atoms with Crippen molar-refractivity contribution in [3.8, 4) is 0 Å². The molecule has 9 heteroatoms. The van der Waals surface area contributed by atoms with Crippen LogP contribution in [-0.4, -0.2) is 31.8 Å². The molecule has 0 amide bonds. The summed E-state index contributed by atoms with van der Waals surface area (Å²) in [5.41, 5.74) is 0.120. The zero-order valence-corrected chi connectivity index (χ0v) is 15.6. The van der Waals surface area contributed by atoms with Gasteiger partial charge in [0.2, 0.25) is 10.0 Å². The van der Waals surface area contributed by atoms with Crippen molar-refractivity contribution in [3.63, 3.8) is 0 Å². The van der Waals surface area contributed by atoms with Gasteiger partial charge in [0.25, 0.3) is 0 Å². The van der Waals surface area contributed by atoms with Gasteiger partial charge in [-0.15, -0.1) is 11.3 Å². The first-order valence-electron chi connectivity index (χ1n) is 7.46. The summed E-state index contributed by atoms with van der Waals surface area (Å²) in [4.78, 5) is 11.7. The maximum atomic E-state index is 14.1. The van der Waals surface area contributed by atoms with Gasteiger partial charge in [0.1, 0.15) is 15.6 Å². The normalized spacial score (nSPS) is 14.7. The van der Waals surface area contributed by atoms with Crippen LogP contribution in [0, 0.1) is 5.82 Å². The summed E-state index contributed by atoms with van der Waals surface area (Å²) in [7, 11) is -2.80. The zero-order valence-electron chi connectivity index (χ0n) is 13.2. The van der Waals surface area contributed by atoms with E-state index in [2.05, 4.69) is 4.74 Å². The number of halogens is 2. The van der Waals surface area contributed by atoms with Crippen molar-refractivity contribution in [1.29, 1.82) is 0 Å². The van der Waals surface area contributed by atoms with Crippen LogP contribution in [0.25, 0.3) is 0 Å². The molecule has 134 valence electrons. The molecule has 0 spiro atoms. The Morgan fingerprint density at radius 2 is 2.12 bits per heavy atom. The quantitative estimate of drug-likeness (QED) is 0.690. The SMILES string of the molecule is COC(=O)c1sccc1S(=O)(=O)N(Cc1c(F)cccc1Cl)C1CC1. The van der Waals surface area contributed by atoms with Crippen molar-refractivity contribution in [2.45, 2.75) is 30.3 Å². The predicted octanol–water partition coefficient (Wildman–Crippen LogP) is 3.68. The number of rotatable bonds is 6. The Morgan fingerprint density at radius 3 is 2.72 bits per heavy atom. The second-order valence-electron chi connectivity index (χ2n) is 5.59. The standard InChI is InChI=1S/C16H15ClFNO4S2/c1-23-16(20)15-14(7-8-24-15)25(21,22)19(10-5-6-10)9-11-12(17)3-2-4-13(11)18/h2-4,7-8,10H,5-6,9H2,1H3. The average Bonchev–Trinajstić information content (AvgIpc) is 3.27. The van der Waals surface area contributed by atoms with Gasteiger partial charge in [-0.25, -0.2) is 17.6 Å². The van der Waals surface area contributed by atoms with Crippen molar-refractivity contribution in [2.75, 3.05) is 7.11 Å². The number of hydrogen-bond acceptors (Lipinski definition) is 5. The largest absolute Gasteiger partial charge is 0.465 e. The third-order valence-electron chi connectivity index (χ3n) is 3.92. The fourth-order valence-corrected chi connectivity index (χ4v) is 5.67. The first-order chi connectivity index (χ1) is 11.9. The molecule has 1 aliphatic rings. The van der Waals surface area contributed by atoms with Gasteiger partial charge in [0.05, 0.1) is 7.11 Å². The highest BCUT2D eigenvalue weighted by atomic mass is 35.5. The molecule has 1 saturated carbocycles. The Hall–Kier alpha value is -1.48. The van der Waals surface area contributed by atoms with Crippen LogP contribution >= 0.6 is 22.9 Å². The Morgan fingerprint density at radius 1 is 1.40 bits per heavy atom. The third kappa shape index (κ3) is 3.57. The fraction of sp³-hybridized carbons (Fsp3) is 0.312. The Balaban J connectivity index is 2.01. The van der Waals surface area contributed by atoms with Crippen LogP contribution in [0.2, 0.25) is 5.02 Å². The van der Waals surface area contributed by atoms with Crippen LogP contribution in [0.5, 0.6) is 0 Å². The van der Waals surface area contributed by atoms with E-state index >= 15 is 0 Å². The molecule has 0 saturated heterocycles. The first kappa shape index (κ1) is 18.3. The highest BCUT2D eigenvalue weighted by Gasteiger charge is 2.40. The van der Waals surface area contributed by atoms with Gasteiger partial charge in [-0.1, -0.05) is 17.7 Å². The minimum absolute atomic E-state index is 0.00720. The van der Waals surface area contributed by atoms with E-state index in [1.165, 1.54) is 41.1 Å². The second-order valence-corrected chi connectivity index (χ2v) is 8.77. The van der Waals surface area contributed by atoms with Crippen LogP contribution in [0.4, 0.5) is 4.39 Å². The first-order valence-corrected chi connectivity index (χ1v) is 10.2. The molecule has 1 aromatic heterocycles. The Bertz CT molecular complexity index is 888. The van der Waals surface area contributed by atoms with Crippen molar-refractivity contribution >= 4 is 38.9 Å². The van der Waals surface area contributed by atoms with Gasteiger partial charge in [-0.3, -0.25) is 0 Å². The highest BCUT2D eigenvalue weighted by Crippen LogP contribution is 2.37. The Labute approximate surface area is 154 Å². The van der Waals surface area contributed by atoms with Crippen LogP contribution in [0.1, 0.15) is 28.1 Å². The molecule has 2 aromatic rings. The van der Waals surface area contributed by atoms with Crippen LogP contribution in [0.3, 0.4) is 0 Å². The van der Waals surface area contributed by atoms with E-state index in [0.29, 0.717) is 12.8 Å². The summed E-state index contributed by atoms with van der Waals surface area (Å²) in [5.74, 6) is -1.28. The molecule has 1 aliphatic carbocycles. The lowest BCUT2D eigenvalue weighted by Crippen LogP contribution is -2.33. The fourth-order valence-electron chi connectivity index (χ4n) is 2.48. The minimum atomic E-state index is -3.99. The molecule has 1 aromatic carbocycles. The van der Waals surface area contributed by atoms with E-state index in [-0.39, 0.29) is 32.9 Å². The topological polar surface area (TPSA) is 63.7 Å². The molecule has 1 heterocycles. The summed E-state index contributed by atoms with van der Waals surface area (Å²) in [5, 5.41) is 1.68. The van der Waals surface area contributed by atoms with Gasteiger partial charge >= 0.3 is 5.97 Å². The van der Waals surface area contributed by atoms with E-state index in [4.69, 9.17) is 11.6 Å². The molecule has 5 nitrogen and oxygen atoms in total. The van der Waals surface area contributed by atoms with Crippen molar-refractivity contribution < 1.29 is 22.3 Å². The molecule has 25 heavy (non-hydrogen) atoms. The van der Waals surface area contributed by atoms with Crippen LogP contribution in [-0.2, 0) is 21.3 Å². The van der Waals surface area contributed by atoms with Gasteiger partial charge in [0, 0.05) is 23.2 Å². The highest BCUT2D eigenvalue weighted by molar-refractivity contribution is 7.89. The lowest BCUT2D eigenvalue weighted by molar-refractivity contribution is 0.0602. The number of esters is 1. The number of nitrogens with zero attached hydrogens (tertiary/aromatic N) is 1. The zero-order chi connectivity index (χ0) is 18.2. The smallest absolute Gasteiger partial charge is 0.349 e. The molecule has 0 aliphatic heterocycles. The predicted molar refractivity (Wildman–Crippen MR) is 92.8 cm³/mol. The van der Waals surface area contributed by atoms with Gasteiger partial charge in [0.15, 0.2) is 0 Å². The van der Waals surface area contributed by atoms with E-state index in [0.717, 1.165) is 11.3 Å². The summed E-state index contributed by atoms with van der Waals surface area (Å²) in [6.07, 6.45) is 1.37. The number of ether oxygens (including phenoxy) is 1. The molecule has 3 rings (SSSR count). The van der Waals surface area contributed by atoms with E-state index in [1.807, 2.05) is 0 Å². The van der Waals surface area contributed by atoms with Gasteiger partial charge in [-0.2, -0.15) is 4.31 Å². The summed E-state index contributed by atoms with van der Waals surface area (Å²) < 4.78 is 46.2. The Kier molecular flexibility index (Phi) is 5.15. The molecule has 0 unspecified atom stereocenters. The van der Waals surface area contributed by atoms with E-state index in [9.17, 15) is 17.6 Å². The lowest BCUT2D eigenvalue weighted by atomic mass is 10.2. The number of carbonyl (C=O) groups is 1. The number of carbonyl (C=O) groups excluding carboxylic acids is 1. The summed E-state index contributed by atoms with van der Waals surface area (Å²) in [6.45, 7) is -0.186. The molecule has 0 radical (unpaired) electrons. The number of sulfonamides is 1. The third-order valence-corrected chi connectivity index (χ3v) is 7.23. The molecule has 0 N–H and O–H groups in total. The van der Waals surface area contributed by atoms with Crippen molar-refractivity contribution in [3.05, 3.63) is 50.9 Å². The summed E-state index contributed by atoms with van der Waals surface area (Å²) in [6, 6.07) is 5.35. The van der Waals surface area contributed by atoms with Gasteiger partial charge in [-0.05, 0) is 36.4 Å². The molecular weight excluding hydrogens is 389 g/mol. The number of thiophene rings is 1. The van der Waals surface area contributed by atoms with E-state index in [1.54, 1.807) is 0 Å². The number of hydrogen-bond donors (Lipinski definition) is 0. The summed E-state index contributed by atoms with van der Waals surface area (Å²) >= 11 is 7.04. The van der Waals surface area contributed by atoms with E-state index < -0.39 is 21.8 Å². The maximum absolute atomic E-state index is 14.1.